The van der Waals surface area contributed by atoms with Crippen LogP contribution < -0.4 is 4.90 Å². The van der Waals surface area contributed by atoms with Crippen molar-refractivity contribution < 1.29 is 19.5 Å². The molecule has 4 rings (SSSR count). The highest BCUT2D eigenvalue weighted by Gasteiger charge is 2.36. The number of aromatic nitrogens is 2. The van der Waals surface area contributed by atoms with Crippen LogP contribution in [0.2, 0.25) is 0 Å². The Balaban J connectivity index is 1.69. The lowest BCUT2D eigenvalue weighted by molar-refractivity contribution is -0.135. The number of rotatable bonds is 7. The highest BCUT2D eigenvalue weighted by molar-refractivity contribution is 14.1. The molecule has 31 heavy (non-hydrogen) atoms. The largest absolute Gasteiger partial charge is 0.480 e. The van der Waals surface area contributed by atoms with E-state index in [9.17, 15) is 19.5 Å². The lowest BCUT2D eigenvalue weighted by atomic mass is 10.1. The lowest BCUT2D eigenvalue weighted by Crippen LogP contribution is -2.34. The van der Waals surface area contributed by atoms with Crippen LogP contribution in [0.15, 0.2) is 60.8 Å². The number of amides is 2. The molecule has 1 aliphatic heterocycles. The summed E-state index contributed by atoms with van der Waals surface area (Å²) in [6.07, 6.45) is 1.54. The summed E-state index contributed by atoms with van der Waals surface area (Å²) in [5.41, 5.74) is 2.11. The molecular formula is C22H17IN4O4. The maximum absolute atomic E-state index is 12.8. The molecule has 0 unspecified atom stereocenters. The van der Waals surface area contributed by atoms with E-state index in [0.717, 1.165) is 10.5 Å². The van der Waals surface area contributed by atoms with Gasteiger partial charge in [0, 0.05) is 40.9 Å². The maximum atomic E-state index is 12.8. The minimum Gasteiger partial charge on any atom is -0.480 e. The van der Waals surface area contributed by atoms with Crippen molar-refractivity contribution in [2.24, 2.45) is 0 Å². The smallest absolute Gasteiger partial charge is 0.323 e. The molecule has 0 saturated heterocycles. The van der Waals surface area contributed by atoms with Gasteiger partial charge in [-0.1, -0.05) is 42.5 Å². The van der Waals surface area contributed by atoms with Crippen LogP contribution in [0.3, 0.4) is 0 Å². The SMILES string of the molecule is O=C(O)CN(Cc1ccccc1)c1nc(I)ncc1CN1C(=O)c2ccccc2C1=O. The highest BCUT2D eigenvalue weighted by Crippen LogP contribution is 2.27. The number of anilines is 1. The topological polar surface area (TPSA) is 104 Å². The molecule has 1 aliphatic rings. The molecule has 0 saturated carbocycles. The first kappa shape index (κ1) is 20.9. The number of fused-ring (bicyclic) bond motifs is 1. The summed E-state index contributed by atoms with van der Waals surface area (Å²) in [7, 11) is 0. The molecule has 0 bridgehead atoms. The highest BCUT2D eigenvalue weighted by atomic mass is 127. The number of nitrogens with zero attached hydrogens (tertiary/aromatic N) is 4. The molecule has 1 N–H and O–H groups in total. The molecular weight excluding hydrogens is 511 g/mol. The molecule has 0 fully saturated rings. The quantitative estimate of drug-likeness (QED) is 0.286. The van der Waals surface area contributed by atoms with Crippen LogP contribution in [0.25, 0.3) is 0 Å². The van der Waals surface area contributed by atoms with Crippen LogP contribution >= 0.6 is 22.6 Å². The number of benzene rings is 2. The van der Waals surface area contributed by atoms with Gasteiger partial charge in [-0.25, -0.2) is 9.97 Å². The molecule has 156 valence electrons. The number of carbonyl (C=O) groups excluding carboxylic acids is 2. The number of aliphatic carboxylic acids is 1. The monoisotopic (exact) mass is 528 g/mol. The van der Waals surface area contributed by atoms with Gasteiger partial charge < -0.3 is 10.0 Å². The Labute approximate surface area is 191 Å². The molecule has 0 spiro atoms. The minimum atomic E-state index is -1.02. The fourth-order valence-corrected chi connectivity index (χ4v) is 3.86. The molecule has 0 radical (unpaired) electrons. The van der Waals surface area contributed by atoms with Gasteiger partial charge in [0.15, 0.2) is 3.83 Å². The summed E-state index contributed by atoms with van der Waals surface area (Å²) in [6.45, 7) is -0.0457. The van der Waals surface area contributed by atoms with Gasteiger partial charge in [-0.05, 0) is 17.7 Å². The Morgan fingerprint density at radius 1 is 1.00 bits per heavy atom. The van der Waals surface area contributed by atoms with Gasteiger partial charge in [-0.3, -0.25) is 19.3 Å². The van der Waals surface area contributed by atoms with Gasteiger partial charge in [-0.2, -0.15) is 0 Å². The van der Waals surface area contributed by atoms with Crippen molar-refractivity contribution in [1.82, 2.24) is 14.9 Å². The van der Waals surface area contributed by atoms with Crippen LogP contribution in [0, 0.1) is 3.83 Å². The maximum Gasteiger partial charge on any atom is 0.323 e. The first-order chi connectivity index (χ1) is 14.9. The van der Waals surface area contributed by atoms with Crippen molar-refractivity contribution in [3.8, 4) is 0 Å². The predicted octanol–water partition coefficient (Wildman–Crippen LogP) is 2.97. The van der Waals surface area contributed by atoms with Gasteiger partial charge in [-0.15, -0.1) is 0 Å². The Hall–Kier alpha value is -3.34. The second-order valence-electron chi connectivity index (χ2n) is 6.97. The van der Waals surface area contributed by atoms with E-state index in [0.29, 0.717) is 32.9 Å². The Morgan fingerprint density at radius 3 is 2.23 bits per heavy atom. The van der Waals surface area contributed by atoms with E-state index in [2.05, 4.69) is 9.97 Å². The standard InChI is InChI=1S/C22H17IN4O4/c23-22-24-10-15(12-27-20(30)16-8-4-5-9-17(16)21(27)31)19(25-22)26(13-18(28)29)11-14-6-2-1-3-7-14/h1-10H,11-13H2,(H,28,29). The van der Waals surface area contributed by atoms with Crippen molar-refractivity contribution in [3.05, 3.63) is 86.9 Å². The first-order valence-electron chi connectivity index (χ1n) is 9.41. The third-order valence-corrected chi connectivity index (χ3v) is 5.38. The summed E-state index contributed by atoms with van der Waals surface area (Å²) >= 11 is 1.95. The fraction of sp³-hybridized carbons (Fsp3) is 0.136. The van der Waals surface area contributed by atoms with Crippen LogP contribution in [-0.4, -0.2) is 44.3 Å². The van der Waals surface area contributed by atoms with Gasteiger partial charge >= 0.3 is 5.97 Å². The van der Waals surface area contributed by atoms with E-state index < -0.39 is 17.8 Å². The first-order valence-corrected chi connectivity index (χ1v) is 10.5. The number of carboxylic acids is 1. The lowest BCUT2D eigenvalue weighted by Gasteiger charge is -2.25. The van der Waals surface area contributed by atoms with E-state index >= 15 is 0 Å². The molecule has 0 aliphatic carbocycles. The second-order valence-corrected chi connectivity index (χ2v) is 7.93. The summed E-state index contributed by atoms with van der Waals surface area (Å²) < 4.78 is 0.433. The van der Waals surface area contributed by atoms with Crippen molar-refractivity contribution >= 4 is 46.2 Å². The zero-order valence-corrected chi connectivity index (χ0v) is 18.4. The molecule has 9 heteroatoms. The van der Waals surface area contributed by atoms with Gasteiger partial charge in [0.1, 0.15) is 12.4 Å². The zero-order valence-electron chi connectivity index (χ0n) is 16.2. The Kier molecular flexibility index (Phi) is 5.94. The van der Waals surface area contributed by atoms with E-state index in [1.54, 1.807) is 29.2 Å². The number of carbonyl (C=O) groups is 3. The van der Waals surface area contributed by atoms with Crippen molar-refractivity contribution in [2.75, 3.05) is 11.4 Å². The molecule has 2 heterocycles. The number of hydrogen-bond donors (Lipinski definition) is 1. The molecule has 8 nitrogen and oxygen atoms in total. The molecule has 0 atom stereocenters. The predicted molar refractivity (Wildman–Crippen MR) is 121 cm³/mol. The van der Waals surface area contributed by atoms with E-state index in [1.165, 1.54) is 6.20 Å². The van der Waals surface area contributed by atoms with E-state index in [4.69, 9.17) is 0 Å². The number of halogens is 1. The van der Waals surface area contributed by atoms with Crippen LogP contribution in [0.4, 0.5) is 5.82 Å². The minimum absolute atomic E-state index is 0.0521. The second kappa shape index (κ2) is 8.80. The van der Waals surface area contributed by atoms with Gasteiger partial charge in [0.25, 0.3) is 11.8 Å². The molecule has 2 aromatic carbocycles. The van der Waals surface area contributed by atoms with Crippen LogP contribution in [0.5, 0.6) is 0 Å². The van der Waals surface area contributed by atoms with Crippen molar-refractivity contribution in [3.63, 3.8) is 0 Å². The summed E-state index contributed by atoms with van der Waals surface area (Å²) in [4.78, 5) is 48.5. The molecule has 3 aromatic rings. The third kappa shape index (κ3) is 4.41. The van der Waals surface area contributed by atoms with E-state index in [-0.39, 0.29) is 13.1 Å². The Bertz CT molecular complexity index is 1130. The Morgan fingerprint density at radius 2 is 1.61 bits per heavy atom. The molecule has 2 amide bonds. The fourth-order valence-electron chi connectivity index (χ4n) is 3.49. The average molecular weight is 528 g/mol. The summed E-state index contributed by atoms with van der Waals surface area (Å²) in [6, 6.07) is 16.1. The van der Waals surface area contributed by atoms with E-state index in [1.807, 2.05) is 52.9 Å². The van der Waals surface area contributed by atoms with Crippen LogP contribution in [-0.2, 0) is 17.9 Å². The van der Waals surface area contributed by atoms with Gasteiger partial charge in [0.2, 0.25) is 0 Å². The average Bonchev–Trinajstić information content (AvgIpc) is 3.00. The van der Waals surface area contributed by atoms with Gasteiger partial charge in [0.05, 0.1) is 17.7 Å². The summed E-state index contributed by atoms with van der Waals surface area (Å²) in [5, 5.41) is 9.46. The normalized spacial score (nSPS) is 12.7. The zero-order chi connectivity index (χ0) is 22.0. The number of imide groups is 1. The summed E-state index contributed by atoms with van der Waals surface area (Å²) in [5.74, 6) is -1.42. The number of hydrogen-bond acceptors (Lipinski definition) is 6. The van der Waals surface area contributed by atoms with Crippen molar-refractivity contribution in [2.45, 2.75) is 13.1 Å². The van der Waals surface area contributed by atoms with Crippen molar-refractivity contribution in [1.29, 1.82) is 0 Å². The number of carboxylic acid groups (broad SMARTS) is 1. The van der Waals surface area contributed by atoms with Crippen LogP contribution in [0.1, 0.15) is 31.8 Å². The third-order valence-electron chi connectivity index (χ3n) is 4.86. The molecule has 1 aromatic heterocycles.